The molecule has 4 rings (SSSR count). The molecule has 1 amide bonds. The van der Waals surface area contributed by atoms with Gasteiger partial charge in [-0.15, -0.1) is 0 Å². The van der Waals surface area contributed by atoms with Gasteiger partial charge in [-0.2, -0.15) is 0 Å². The van der Waals surface area contributed by atoms with Crippen LogP contribution in [0.2, 0.25) is 5.02 Å². The summed E-state index contributed by atoms with van der Waals surface area (Å²) in [5.41, 5.74) is 10.1. The molecule has 2 atom stereocenters. The molecule has 2 N–H and O–H groups in total. The Hall–Kier alpha value is -2.08. The first-order chi connectivity index (χ1) is 13.1. The molecule has 2 aliphatic heterocycles. The molecule has 2 saturated heterocycles. The van der Waals surface area contributed by atoms with Crippen LogP contribution < -0.4 is 15.8 Å². The predicted molar refractivity (Wildman–Crippen MR) is 109 cm³/mol. The van der Waals surface area contributed by atoms with Crippen molar-refractivity contribution in [2.24, 2.45) is 0 Å². The number of nitrogens with zero attached hydrogens (tertiary/aromatic N) is 2. The molecular formula is C21H25ClN4O. The Bertz CT molecular complexity index is 785. The largest absolute Gasteiger partial charge is 0.368 e. The van der Waals surface area contributed by atoms with Gasteiger partial charge in [0.05, 0.1) is 0 Å². The van der Waals surface area contributed by atoms with Crippen LogP contribution in [-0.2, 0) is 4.79 Å². The van der Waals surface area contributed by atoms with Gasteiger partial charge in [-0.3, -0.25) is 4.79 Å². The van der Waals surface area contributed by atoms with Crippen LogP contribution in [0.4, 0.5) is 5.69 Å². The summed E-state index contributed by atoms with van der Waals surface area (Å²) in [6, 6.07) is 16.3. The zero-order valence-electron chi connectivity index (χ0n) is 15.5. The van der Waals surface area contributed by atoms with E-state index in [1.807, 2.05) is 29.2 Å². The number of piperazine rings is 1. The first-order valence-corrected chi connectivity index (χ1v) is 9.85. The lowest BCUT2D eigenvalue weighted by atomic mass is 10.0. The lowest BCUT2D eigenvalue weighted by Crippen LogP contribution is -2.53. The van der Waals surface area contributed by atoms with E-state index in [-0.39, 0.29) is 18.0 Å². The molecule has 5 nitrogen and oxygen atoms in total. The third-order valence-electron chi connectivity index (χ3n) is 5.46. The van der Waals surface area contributed by atoms with E-state index in [9.17, 15) is 4.79 Å². The molecule has 2 aromatic carbocycles. The number of rotatable bonds is 3. The lowest BCUT2D eigenvalue weighted by molar-refractivity contribution is -0.133. The fourth-order valence-electron chi connectivity index (χ4n) is 3.79. The zero-order chi connectivity index (χ0) is 18.8. The zero-order valence-corrected chi connectivity index (χ0v) is 16.2. The minimum Gasteiger partial charge on any atom is -0.368 e. The molecule has 0 saturated carbocycles. The number of hydrogen-bond acceptors (Lipinski definition) is 4. The van der Waals surface area contributed by atoms with Crippen LogP contribution in [0.15, 0.2) is 48.5 Å². The van der Waals surface area contributed by atoms with Gasteiger partial charge in [0, 0.05) is 42.9 Å². The fourth-order valence-corrected chi connectivity index (χ4v) is 3.92. The molecule has 0 radical (unpaired) electrons. The highest BCUT2D eigenvalue weighted by molar-refractivity contribution is 6.30. The van der Waals surface area contributed by atoms with E-state index in [0.717, 1.165) is 43.2 Å². The van der Waals surface area contributed by atoms with Crippen molar-refractivity contribution in [1.29, 1.82) is 0 Å². The van der Waals surface area contributed by atoms with Crippen LogP contribution in [0.1, 0.15) is 23.6 Å². The standard InChI is InChI=1S/C21H25ClN4O/c1-15-2-8-18(9-3-15)25-10-12-26(13-11-25)21(27)20-14-19(23-24-20)16-4-6-17(22)7-5-16/h2-9,19-20,23-24H,10-14H2,1H3. The van der Waals surface area contributed by atoms with Crippen molar-refractivity contribution in [1.82, 2.24) is 15.8 Å². The maximum Gasteiger partial charge on any atom is 0.241 e. The SMILES string of the molecule is Cc1ccc(N2CCN(C(=O)C3CC(c4ccc(Cl)cc4)NN3)CC2)cc1. The number of carbonyl (C=O) groups is 1. The Kier molecular flexibility index (Phi) is 5.34. The van der Waals surface area contributed by atoms with Crippen LogP contribution in [-0.4, -0.2) is 43.0 Å². The van der Waals surface area contributed by atoms with E-state index in [1.54, 1.807) is 0 Å². The normalized spacial score (nSPS) is 22.9. The van der Waals surface area contributed by atoms with Crippen molar-refractivity contribution in [2.75, 3.05) is 31.1 Å². The summed E-state index contributed by atoms with van der Waals surface area (Å²) in [6.07, 6.45) is 0.749. The minimum atomic E-state index is -0.184. The van der Waals surface area contributed by atoms with Gasteiger partial charge in [-0.25, -0.2) is 10.9 Å². The second-order valence-electron chi connectivity index (χ2n) is 7.33. The molecule has 2 aliphatic rings. The Balaban J connectivity index is 1.32. The third-order valence-corrected chi connectivity index (χ3v) is 5.72. The van der Waals surface area contributed by atoms with Crippen molar-refractivity contribution in [2.45, 2.75) is 25.4 Å². The number of anilines is 1. The van der Waals surface area contributed by atoms with E-state index >= 15 is 0 Å². The van der Waals surface area contributed by atoms with Crippen LogP contribution in [0.5, 0.6) is 0 Å². The molecule has 6 heteroatoms. The van der Waals surface area contributed by atoms with Gasteiger partial charge in [0.2, 0.25) is 5.91 Å². The van der Waals surface area contributed by atoms with Gasteiger partial charge in [-0.05, 0) is 43.2 Å². The Morgan fingerprint density at radius 3 is 2.30 bits per heavy atom. The molecule has 2 fully saturated rings. The number of halogens is 1. The summed E-state index contributed by atoms with van der Waals surface area (Å²) in [7, 11) is 0. The Labute approximate surface area is 165 Å². The predicted octanol–water partition coefficient (Wildman–Crippen LogP) is 2.90. The van der Waals surface area contributed by atoms with Crippen molar-refractivity contribution < 1.29 is 4.79 Å². The second-order valence-corrected chi connectivity index (χ2v) is 7.77. The van der Waals surface area contributed by atoms with Crippen molar-refractivity contribution >= 4 is 23.2 Å². The number of hydrazine groups is 1. The highest BCUT2D eigenvalue weighted by Crippen LogP contribution is 2.25. The highest BCUT2D eigenvalue weighted by Gasteiger charge is 2.34. The van der Waals surface area contributed by atoms with Crippen molar-refractivity contribution in [3.8, 4) is 0 Å². The van der Waals surface area contributed by atoms with E-state index in [4.69, 9.17) is 11.6 Å². The highest BCUT2D eigenvalue weighted by atomic mass is 35.5. The molecule has 2 unspecified atom stereocenters. The molecule has 0 aliphatic carbocycles. The molecule has 27 heavy (non-hydrogen) atoms. The molecule has 2 aromatic rings. The molecule has 2 heterocycles. The number of amides is 1. The van der Waals surface area contributed by atoms with Crippen LogP contribution in [0, 0.1) is 6.92 Å². The lowest BCUT2D eigenvalue weighted by Gasteiger charge is -2.37. The molecule has 0 bridgehead atoms. The third kappa shape index (κ3) is 4.10. The van der Waals surface area contributed by atoms with Gasteiger partial charge >= 0.3 is 0 Å². The van der Waals surface area contributed by atoms with E-state index < -0.39 is 0 Å². The summed E-state index contributed by atoms with van der Waals surface area (Å²) >= 11 is 5.96. The molecule has 0 spiro atoms. The van der Waals surface area contributed by atoms with Gasteiger partial charge in [0.1, 0.15) is 6.04 Å². The average Bonchev–Trinajstić information content (AvgIpc) is 3.19. The number of carbonyl (C=O) groups excluding carboxylic acids is 1. The maximum absolute atomic E-state index is 12.9. The van der Waals surface area contributed by atoms with Crippen molar-refractivity contribution in [3.63, 3.8) is 0 Å². The second kappa shape index (κ2) is 7.89. The smallest absolute Gasteiger partial charge is 0.241 e. The van der Waals surface area contributed by atoms with Gasteiger partial charge < -0.3 is 9.80 Å². The van der Waals surface area contributed by atoms with E-state index in [0.29, 0.717) is 0 Å². The summed E-state index contributed by atoms with van der Waals surface area (Å²) in [6.45, 7) is 5.36. The first kappa shape index (κ1) is 18.3. The summed E-state index contributed by atoms with van der Waals surface area (Å²) in [5, 5.41) is 0.726. The number of nitrogens with one attached hydrogen (secondary N) is 2. The van der Waals surface area contributed by atoms with Crippen LogP contribution >= 0.6 is 11.6 Å². The molecule has 0 aromatic heterocycles. The van der Waals surface area contributed by atoms with Gasteiger partial charge in [0.25, 0.3) is 0 Å². The van der Waals surface area contributed by atoms with Crippen molar-refractivity contribution in [3.05, 3.63) is 64.7 Å². The summed E-state index contributed by atoms with van der Waals surface area (Å²) in [5.74, 6) is 0.183. The minimum absolute atomic E-state index is 0.130. The first-order valence-electron chi connectivity index (χ1n) is 9.47. The average molecular weight is 385 g/mol. The van der Waals surface area contributed by atoms with E-state index in [1.165, 1.54) is 11.3 Å². The van der Waals surface area contributed by atoms with Gasteiger partial charge in [-0.1, -0.05) is 41.4 Å². The van der Waals surface area contributed by atoms with Crippen LogP contribution in [0.25, 0.3) is 0 Å². The summed E-state index contributed by atoms with van der Waals surface area (Å²) in [4.78, 5) is 17.2. The number of aryl methyl sites for hydroxylation is 1. The fraction of sp³-hybridized carbons (Fsp3) is 0.381. The van der Waals surface area contributed by atoms with Gasteiger partial charge in [0.15, 0.2) is 0 Å². The molecule has 142 valence electrons. The monoisotopic (exact) mass is 384 g/mol. The molecular weight excluding hydrogens is 360 g/mol. The topological polar surface area (TPSA) is 47.6 Å². The number of hydrogen-bond donors (Lipinski definition) is 2. The van der Waals surface area contributed by atoms with E-state index in [2.05, 4.69) is 46.9 Å². The Morgan fingerprint density at radius 1 is 0.963 bits per heavy atom. The Morgan fingerprint density at radius 2 is 1.63 bits per heavy atom. The summed E-state index contributed by atoms with van der Waals surface area (Å²) < 4.78 is 0. The number of benzene rings is 2. The van der Waals surface area contributed by atoms with Crippen LogP contribution in [0.3, 0.4) is 0 Å². The quantitative estimate of drug-likeness (QED) is 0.854. The maximum atomic E-state index is 12.9.